The summed E-state index contributed by atoms with van der Waals surface area (Å²) < 4.78 is 23.8. The second kappa shape index (κ2) is 3.64. The van der Waals surface area contributed by atoms with Gasteiger partial charge < -0.3 is 0 Å². The Hall–Kier alpha value is -0.600. The van der Waals surface area contributed by atoms with E-state index in [4.69, 9.17) is 5.26 Å². The molecule has 13 heavy (non-hydrogen) atoms. The van der Waals surface area contributed by atoms with Gasteiger partial charge in [0.25, 0.3) is 0 Å². The molecule has 1 aliphatic rings. The van der Waals surface area contributed by atoms with E-state index in [2.05, 4.69) is 6.07 Å². The molecule has 74 valence electrons. The van der Waals surface area contributed by atoms with Gasteiger partial charge in [0.15, 0.2) is 0 Å². The van der Waals surface area contributed by atoms with E-state index in [1.165, 1.54) is 10.6 Å². The highest BCUT2D eigenvalue weighted by molar-refractivity contribution is 7.88. The third-order valence-electron chi connectivity index (χ3n) is 2.51. The lowest BCUT2D eigenvalue weighted by Crippen LogP contribution is -2.53. The first kappa shape index (κ1) is 10.5. The minimum Gasteiger partial charge on any atom is -0.212 e. The molecule has 1 fully saturated rings. The van der Waals surface area contributed by atoms with Crippen LogP contribution < -0.4 is 0 Å². The Morgan fingerprint density at radius 3 is 2.54 bits per heavy atom. The summed E-state index contributed by atoms with van der Waals surface area (Å²) in [4.78, 5) is 0. The lowest BCUT2D eigenvalue weighted by Gasteiger charge is -2.40. The van der Waals surface area contributed by atoms with E-state index in [0.29, 0.717) is 13.0 Å². The van der Waals surface area contributed by atoms with Gasteiger partial charge >= 0.3 is 0 Å². The standard InChI is InChI=1S/C8H14N2O2S/c1-3-7(6-9)8-4-5-10(8)13(2,11)12/h7-8H,3-5H2,1-2H3. The zero-order chi connectivity index (χ0) is 10.1. The van der Waals surface area contributed by atoms with Crippen LogP contribution in [0.1, 0.15) is 19.8 Å². The highest BCUT2D eigenvalue weighted by Gasteiger charge is 2.39. The molecule has 0 aromatic heterocycles. The van der Waals surface area contributed by atoms with Crippen molar-refractivity contribution in [3.8, 4) is 6.07 Å². The van der Waals surface area contributed by atoms with Crippen LogP contribution >= 0.6 is 0 Å². The van der Waals surface area contributed by atoms with Crippen LogP contribution in [0.15, 0.2) is 0 Å². The molecule has 2 atom stereocenters. The molecule has 0 bridgehead atoms. The summed E-state index contributed by atoms with van der Waals surface area (Å²) in [6.45, 7) is 2.48. The van der Waals surface area contributed by atoms with Crippen molar-refractivity contribution < 1.29 is 8.42 Å². The number of sulfonamides is 1. The van der Waals surface area contributed by atoms with E-state index in [-0.39, 0.29) is 12.0 Å². The number of nitrogens with zero attached hydrogens (tertiary/aromatic N) is 2. The molecule has 0 amide bonds. The molecule has 4 nitrogen and oxygen atoms in total. The van der Waals surface area contributed by atoms with Gasteiger partial charge in [0.2, 0.25) is 10.0 Å². The Morgan fingerprint density at radius 2 is 2.31 bits per heavy atom. The van der Waals surface area contributed by atoms with Crippen LogP contribution in [0.5, 0.6) is 0 Å². The van der Waals surface area contributed by atoms with Crippen LogP contribution in [0.3, 0.4) is 0 Å². The smallest absolute Gasteiger partial charge is 0.211 e. The molecule has 1 heterocycles. The number of rotatable bonds is 3. The number of hydrogen-bond acceptors (Lipinski definition) is 3. The molecule has 0 radical (unpaired) electrons. The van der Waals surface area contributed by atoms with Gasteiger partial charge in [0.05, 0.1) is 18.2 Å². The summed E-state index contributed by atoms with van der Waals surface area (Å²) in [5, 5.41) is 8.77. The zero-order valence-electron chi connectivity index (χ0n) is 7.90. The van der Waals surface area contributed by atoms with Crippen molar-refractivity contribution in [2.75, 3.05) is 12.8 Å². The molecular weight excluding hydrogens is 188 g/mol. The highest BCUT2D eigenvalue weighted by Crippen LogP contribution is 2.28. The van der Waals surface area contributed by atoms with Crippen LogP contribution in [0.25, 0.3) is 0 Å². The van der Waals surface area contributed by atoms with Crippen LogP contribution in [-0.2, 0) is 10.0 Å². The second-order valence-corrected chi connectivity index (χ2v) is 5.31. The fraction of sp³-hybridized carbons (Fsp3) is 0.875. The Balaban J connectivity index is 2.71. The van der Waals surface area contributed by atoms with Gasteiger partial charge in [-0.25, -0.2) is 8.42 Å². The SMILES string of the molecule is CCC(C#N)C1CCN1S(C)(=O)=O. The summed E-state index contributed by atoms with van der Waals surface area (Å²) in [7, 11) is -3.10. The second-order valence-electron chi connectivity index (χ2n) is 3.37. The minimum absolute atomic E-state index is 0.0787. The zero-order valence-corrected chi connectivity index (χ0v) is 8.71. The fourth-order valence-electron chi connectivity index (χ4n) is 1.65. The maximum absolute atomic E-state index is 11.2. The summed E-state index contributed by atoms with van der Waals surface area (Å²) in [5.41, 5.74) is 0. The first-order valence-electron chi connectivity index (χ1n) is 4.37. The molecule has 0 N–H and O–H groups in total. The van der Waals surface area contributed by atoms with Gasteiger partial charge in [-0.05, 0) is 12.8 Å². The van der Waals surface area contributed by atoms with Crippen LogP contribution in [0, 0.1) is 17.2 Å². The molecule has 1 rings (SSSR count). The van der Waals surface area contributed by atoms with Crippen molar-refractivity contribution in [1.29, 1.82) is 5.26 Å². The molecule has 0 aromatic carbocycles. The van der Waals surface area contributed by atoms with E-state index in [1.807, 2.05) is 6.92 Å². The quantitative estimate of drug-likeness (QED) is 0.672. The van der Waals surface area contributed by atoms with Crippen molar-refractivity contribution in [2.45, 2.75) is 25.8 Å². The average Bonchev–Trinajstić information content (AvgIpc) is 1.93. The van der Waals surface area contributed by atoms with E-state index in [0.717, 1.165) is 6.42 Å². The van der Waals surface area contributed by atoms with Crippen LogP contribution in [-0.4, -0.2) is 31.6 Å². The largest absolute Gasteiger partial charge is 0.212 e. The Labute approximate surface area is 79.2 Å². The molecule has 5 heteroatoms. The first-order chi connectivity index (χ1) is 6.00. The molecule has 1 aliphatic heterocycles. The van der Waals surface area contributed by atoms with Gasteiger partial charge in [-0.1, -0.05) is 6.92 Å². The van der Waals surface area contributed by atoms with Gasteiger partial charge in [-0.15, -0.1) is 0 Å². The van der Waals surface area contributed by atoms with E-state index >= 15 is 0 Å². The number of nitriles is 1. The first-order valence-corrected chi connectivity index (χ1v) is 6.22. The Kier molecular flexibility index (Phi) is 2.94. The van der Waals surface area contributed by atoms with Gasteiger partial charge in [-0.3, -0.25) is 0 Å². The maximum Gasteiger partial charge on any atom is 0.211 e. The molecule has 0 aliphatic carbocycles. The van der Waals surface area contributed by atoms with E-state index in [1.54, 1.807) is 0 Å². The van der Waals surface area contributed by atoms with Gasteiger partial charge in [0, 0.05) is 12.6 Å². The number of hydrogen-bond donors (Lipinski definition) is 0. The lowest BCUT2D eigenvalue weighted by atomic mass is 9.91. The summed E-state index contributed by atoms with van der Waals surface area (Å²) in [6.07, 6.45) is 2.73. The average molecular weight is 202 g/mol. The molecule has 1 saturated heterocycles. The van der Waals surface area contributed by atoms with Crippen LogP contribution in [0.2, 0.25) is 0 Å². The predicted octanol–water partition coefficient (Wildman–Crippen LogP) is 0.570. The Morgan fingerprint density at radius 1 is 1.69 bits per heavy atom. The molecule has 2 unspecified atom stereocenters. The van der Waals surface area contributed by atoms with Crippen molar-refractivity contribution in [2.24, 2.45) is 5.92 Å². The third-order valence-corrected chi connectivity index (χ3v) is 3.82. The van der Waals surface area contributed by atoms with Crippen molar-refractivity contribution >= 4 is 10.0 Å². The van der Waals surface area contributed by atoms with Crippen LogP contribution in [0.4, 0.5) is 0 Å². The van der Waals surface area contributed by atoms with Crippen molar-refractivity contribution in [3.05, 3.63) is 0 Å². The predicted molar refractivity (Wildman–Crippen MR) is 49.3 cm³/mol. The maximum atomic E-state index is 11.2. The van der Waals surface area contributed by atoms with Crippen molar-refractivity contribution in [3.63, 3.8) is 0 Å². The fourth-order valence-corrected chi connectivity index (χ4v) is 2.83. The molecular formula is C8H14N2O2S. The molecule has 0 spiro atoms. The van der Waals surface area contributed by atoms with Gasteiger partial charge in [0.1, 0.15) is 0 Å². The minimum atomic E-state index is -3.10. The highest BCUT2D eigenvalue weighted by atomic mass is 32.2. The van der Waals surface area contributed by atoms with Gasteiger partial charge in [-0.2, -0.15) is 9.57 Å². The summed E-state index contributed by atoms with van der Waals surface area (Å²) >= 11 is 0. The third kappa shape index (κ3) is 2.01. The van der Waals surface area contributed by atoms with E-state index in [9.17, 15) is 8.42 Å². The Bertz CT molecular complexity index is 318. The summed E-state index contributed by atoms with van der Waals surface area (Å²) in [6, 6.07) is 2.07. The normalized spacial score (nSPS) is 26.1. The molecule has 0 aromatic rings. The molecule has 0 saturated carbocycles. The van der Waals surface area contributed by atoms with E-state index < -0.39 is 10.0 Å². The van der Waals surface area contributed by atoms with Crippen molar-refractivity contribution in [1.82, 2.24) is 4.31 Å². The monoisotopic (exact) mass is 202 g/mol. The summed E-state index contributed by atoms with van der Waals surface area (Å²) in [5.74, 6) is -0.150. The lowest BCUT2D eigenvalue weighted by molar-refractivity contribution is 0.157. The topological polar surface area (TPSA) is 61.2 Å².